The van der Waals surface area contributed by atoms with E-state index in [-0.39, 0.29) is 0 Å². The molecule has 0 saturated heterocycles. The molecule has 0 aromatic carbocycles. The molecule has 0 saturated carbocycles. The molecule has 0 rings (SSSR count). The topological polar surface area (TPSA) is 26.0 Å². The Balaban J connectivity index is 3.27. The minimum absolute atomic E-state index is 0.710. The third kappa shape index (κ3) is 4.80. The molecule has 10 heavy (non-hydrogen) atoms. The van der Waals surface area contributed by atoms with Gasteiger partial charge in [0.2, 0.25) is 0 Å². The fraction of sp³-hybridized carbons (Fsp3) is 1.00. The van der Waals surface area contributed by atoms with Crippen molar-refractivity contribution in [1.29, 1.82) is 0 Å². The molecule has 0 aliphatic heterocycles. The van der Waals surface area contributed by atoms with Gasteiger partial charge in [0.05, 0.1) is 0 Å². The SMILES string of the molecule is CCCC(C)CC(C)CN. The molecule has 0 amide bonds. The molecule has 0 spiro atoms. The largest absolute Gasteiger partial charge is 0.330 e. The van der Waals surface area contributed by atoms with Crippen molar-refractivity contribution in [3.05, 3.63) is 0 Å². The van der Waals surface area contributed by atoms with E-state index in [1.807, 2.05) is 0 Å². The first-order valence-electron chi connectivity index (χ1n) is 4.40. The van der Waals surface area contributed by atoms with E-state index < -0.39 is 0 Å². The van der Waals surface area contributed by atoms with Crippen LogP contribution in [0.2, 0.25) is 0 Å². The average Bonchev–Trinajstić information content (AvgIpc) is 1.88. The first-order valence-corrected chi connectivity index (χ1v) is 4.40. The van der Waals surface area contributed by atoms with Crippen LogP contribution in [0.5, 0.6) is 0 Å². The van der Waals surface area contributed by atoms with Gasteiger partial charge in [0, 0.05) is 0 Å². The Morgan fingerprint density at radius 1 is 1.20 bits per heavy atom. The van der Waals surface area contributed by atoms with Crippen LogP contribution < -0.4 is 5.73 Å². The van der Waals surface area contributed by atoms with Crippen molar-refractivity contribution in [2.75, 3.05) is 6.54 Å². The van der Waals surface area contributed by atoms with Gasteiger partial charge in [-0.3, -0.25) is 0 Å². The second-order valence-electron chi connectivity index (χ2n) is 3.47. The van der Waals surface area contributed by atoms with Gasteiger partial charge < -0.3 is 5.73 Å². The average molecular weight is 143 g/mol. The minimum atomic E-state index is 0.710. The maximum atomic E-state index is 5.52. The highest BCUT2D eigenvalue weighted by molar-refractivity contribution is 4.59. The quantitative estimate of drug-likeness (QED) is 0.628. The molecule has 0 aliphatic carbocycles. The molecule has 2 atom stereocenters. The van der Waals surface area contributed by atoms with E-state index in [4.69, 9.17) is 5.73 Å². The lowest BCUT2D eigenvalue weighted by Gasteiger charge is -2.14. The lowest BCUT2D eigenvalue weighted by Crippen LogP contribution is -2.13. The second kappa shape index (κ2) is 5.72. The van der Waals surface area contributed by atoms with Crippen LogP contribution in [0.3, 0.4) is 0 Å². The Morgan fingerprint density at radius 2 is 1.80 bits per heavy atom. The molecule has 0 radical (unpaired) electrons. The Labute approximate surface area is 65.0 Å². The summed E-state index contributed by atoms with van der Waals surface area (Å²) in [5.74, 6) is 1.57. The van der Waals surface area contributed by atoms with E-state index in [0.29, 0.717) is 5.92 Å². The summed E-state index contributed by atoms with van der Waals surface area (Å²) < 4.78 is 0. The number of rotatable bonds is 5. The van der Waals surface area contributed by atoms with Crippen molar-refractivity contribution >= 4 is 0 Å². The lowest BCUT2D eigenvalue weighted by molar-refractivity contribution is 0.397. The summed E-state index contributed by atoms with van der Waals surface area (Å²) >= 11 is 0. The highest BCUT2D eigenvalue weighted by Crippen LogP contribution is 2.15. The highest BCUT2D eigenvalue weighted by atomic mass is 14.5. The van der Waals surface area contributed by atoms with Gasteiger partial charge in [0.15, 0.2) is 0 Å². The van der Waals surface area contributed by atoms with Gasteiger partial charge in [-0.05, 0) is 24.8 Å². The van der Waals surface area contributed by atoms with Crippen LogP contribution in [0.4, 0.5) is 0 Å². The van der Waals surface area contributed by atoms with Crippen LogP contribution in [-0.4, -0.2) is 6.54 Å². The molecule has 0 bridgehead atoms. The Bertz CT molecular complexity index is 71.1. The molecule has 0 aromatic heterocycles. The van der Waals surface area contributed by atoms with Crippen molar-refractivity contribution in [1.82, 2.24) is 0 Å². The molecule has 0 heterocycles. The number of hydrogen-bond donors (Lipinski definition) is 1. The molecule has 1 nitrogen and oxygen atoms in total. The highest BCUT2D eigenvalue weighted by Gasteiger charge is 2.05. The van der Waals surface area contributed by atoms with E-state index in [2.05, 4.69) is 20.8 Å². The van der Waals surface area contributed by atoms with Gasteiger partial charge in [-0.2, -0.15) is 0 Å². The smallest absolute Gasteiger partial charge is 0.00514 e. The summed E-state index contributed by atoms with van der Waals surface area (Å²) in [4.78, 5) is 0. The molecule has 0 aliphatic rings. The predicted octanol–water partition coefficient (Wildman–Crippen LogP) is 2.41. The van der Waals surface area contributed by atoms with E-state index in [9.17, 15) is 0 Å². The minimum Gasteiger partial charge on any atom is -0.330 e. The summed E-state index contributed by atoms with van der Waals surface area (Å²) in [6.45, 7) is 7.62. The fourth-order valence-electron chi connectivity index (χ4n) is 1.39. The zero-order chi connectivity index (χ0) is 7.98. The summed E-state index contributed by atoms with van der Waals surface area (Å²) in [5, 5.41) is 0. The van der Waals surface area contributed by atoms with Gasteiger partial charge in [0.1, 0.15) is 0 Å². The number of hydrogen-bond acceptors (Lipinski definition) is 1. The first kappa shape index (κ1) is 9.96. The molecule has 2 unspecified atom stereocenters. The van der Waals surface area contributed by atoms with Crippen molar-refractivity contribution in [2.45, 2.75) is 40.0 Å². The Morgan fingerprint density at radius 3 is 2.20 bits per heavy atom. The van der Waals surface area contributed by atoms with Gasteiger partial charge in [0.25, 0.3) is 0 Å². The maximum absolute atomic E-state index is 5.52. The van der Waals surface area contributed by atoms with E-state index in [1.165, 1.54) is 19.3 Å². The predicted molar refractivity (Wildman–Crippen MR) is 46.9 cm³/mol. The summed E-state index contributed by atoms with van der Waals surface area (Å²) in [6, 6.07) is 0. The van der Waals surface area contributed by atoms with Crippen LogP contribution in [0, 0.1) is 11.8 Å². The van der Waals surface area contributed by atoms with Crippen molar-refractivity contribution in [3.63, 3.8) is 0 Å². The monoisotopic (exact) mass is 143 g/mol. The summed E-state index contributed by atoms with van der Waals surface area (Å²) in [5.41, 5.74) is 5.52. The van der Waals surface area contributed by atoms with E-state index in [0.717, 1.165) is 12.5 Å². The molecular weight excluding hydrogens is 122 g/mol. The lowest BCUT2D eigenvalue weighted by atomic mass is 9.94. The molecule has 0 aromatic rings. The molecule has 2 N–H and O–H groups in total. The van der Waals surface area contributed by atoms with Crippen LogP contribution in [0.25, 0.3) is 0 Å². The van der Waals surface area contributed by atoms with Crippen molar-refractivity contribution < 1.29 is 0 Å². The summed E-state index contributed by atoms with van der Waals surface area (Å²) in [7, 11) is 0. The van der Waals surface area contributed by atoms with Gasteiger partial charge in [-0.1, -0.05) is 33.6 Å². The van der Waals surface area contributed by atoms with Crippen LogP contribution in [0.15, 0.2) is 0 Å². The second-order valence-corrected chi connectivity index (χ2v) is 3.47. The van der Waals surface area contributed by atoms with Gasteiger partial charge >= 0.3 is 0 Å². The molecule has 0 fully saturated rings. The standard InChI is InChI=1S/C9H21N/c1-4-5-8(2)6-9(3)7-10/h8-9H,4-7,10H2,1-3H3. The first-order chi connectivity index (χ1) is 4.70. The van der Waals surface area contributed by atoms with Crippen LogP contribution in [0.1, 0.15) is 40.0 Å². The third-order valence-corrected chi connectivity index (χ3v) is 1.99. The fourth-order valence-corrected chi connectivity index (χ4v) is 1.39. The zero-order valence-corrected chi connectivity index (χ0v) is 7.56. The Kier molecular flexibility index (Phi) is 5.70. The summed E-state index contributed by atoms with van der Waals surface area (Å²) in [6.07, 6.45) is 3.95. The van der Waals surface area contributed by atoms with Crippen molar-refractivity contribution in [3.8, 4) is 0 Å². The van der Waals surface area contributed by atoms with Crippen molar-refractivity contribution in [2.24, 2.45) is 17.6 Å². The zero-order valence-electron chi connectivity index (χ0n) is 7.56. The molecule has 1 heteroatoms. The number of nitrogens with two attached hydrogens (primary N) is 1. The Hall–Kier alpha value is -0.0400. The molecule has 62 valence electrons. The van der Waals surface area contributed by atoms with E-state index in [1.54, 1.807) is 0 Å². The normalized spacial score (nSPS) is 16.8. The third-order valence-electron chi connectivity index (χ3n) is 1.99. The van der Waals surface area contributed by atoms with E-state index >= 15 is 0 Å². The maximum Gasteiger partial charge on any atom is -0.00514 e. The van der Waals surface area contributed by atoms with Crippen LogP contribution in [-0.2, 0) is 0 Å². The molecular formula is C9H21N. The van der Waals surface area contributed by atoms with Gasteiger partial charge in [-0.25, -0.2) is 0 Å². The van der Waals surface area contributed by atoms with Gasteiger partial charge in [-0.15, -0.1) is 0 Å². The van der Waals surface area contributed by atoms with Crippen LogP contribution >= 0.6 is 0 Å².